The zero-order valence-corrected chi connectivity index (χ0v) is 20.6. The van der Waals surface area contributed by atoms with E-state index < -0.39 is 48.2 Å². The van der Waals surface area contributed by atoms with Crippen LogP contribution in [0, 0.1) is 0 Å². The van der Waals surface area contributed by atoms with Crippen LogP contribution in [0.1, 0.15) is 44.6 Å². The number of benzene rings is 1. The van der Waals surface area contributed by atoms with Crippen molar-refractivity contribution in [1.82, 2.24) is 20.7 Å². The van der Waals surface area contributed by atoms with Crippen LogP contribution in [0.15, 0.2) is 24.3 Å². The zero-order chi connectivity index (χ0) is 26.1. The number of anilines is 1. The summed E-state index contributed by atoms with van der Waals surface area (Å²) < 4.78 is 10.5. The molecule has 12 heteroatoms. The lowest BCUT2D eigenvalue weighted by Gasteiger charge is -2.43. The molecule has 3 N–H and O–H groups in total. The van der Waals surface area contributed by atoms with Crippen LogP contribution in [0.3, 0.4) is 0 Å². The first kappa shape index (κ1) is 25.0. The molecule has 5 atom stereocenters. The number of rotatable bonds is 6. The number of nitrogens with zero attached hydrogens (tertiary/aromatic N) is 2. The quantitative estimate of drug-likeness (QED) is 0.445. The van der Waals surface area contributed by atoms with Crippen molar-refractivity contribution in [3.05, 3.63) is 29.8 Å². The smallest absolute Gasteiger partial charge is 0.310 e. The molecule has 0 radical (unpaired) electrons. The van der Waals surface area contributed by atoms with Gasteiger partial charge >= 0.3 is 5.97 Å². The van der Waals surface area contributed by atoms with Crippen molar-refractivity contribution >= 4 is 35.3 Å². The highest BCUT2D eigenvalue weighted by Gasteiger charge is 2.46. The number of hydrogen-bond donors (Lipinski definition) is 3. The molecule has 3 fully saturated rings. The molecule has 4 aliphatic heterocycles. The number of esters is 1. The number of carbonyl (C=O) groups excluding carboxylic acids is 5. The van der Waals surface area contributed by atoms with E-state index in [9.17, 15) is 24.0 Å². The number of nitrogens with one attached hydrogen (secondary N) is 3. The Kier molecular flexibility index (Phi) is 7.00. The van der Waals surface area contributed by atoms with Gasteiger partial charge in [-0.25, -0.2) is 5.01 Å². The minimum Gasteiger partial charge on any atom is -0.433 e. The van der Waals surface area contributed by atoms with Gasteiger partial charge in [-0.1, -0.05) is 18.2 Å². The lowest BCUT2D eigenvalue weighted by molar-refractivity contribution is -0.177. The Balaban J connectivity index is 1.30. The van der Waals surface area contributed by atoms with Gasteiger partial charge in [-0.05, 0) is 37.8 Å². The summed E-state index contributed by atoms with van der Waals surface area (Å²) in [7, 11) is 0. The maximum absolute atomic E-state index is 13.7. The van der Waals surface area contributed by atoms with Crippen LogP contribution < -0.4 is 16.0 Å². The van der Waals surface area contributed by atoms with Gasteiger partial charge in [-0.15, -0.1) is 0 Å². The van der Waals surface area contributed by atoms with Crippen molar-refractivity contribution in [2.24, 2.45) is 0 Å². The van der Waals surface area contributed by atoms with Gasteiger partial charge in [0.1, 0.15) is 24.2 Å². The van der Waals surface area contributed by atoms with Crippen LogP contribution in [-0.4, -0.2) is 83.2 Å². The molecule has 198 valence electrons. The summed E-state index contributed by atoms with van der Waals surface area (Å²) in [6.45, 7) is 2.35. The second-order valence-electron chi connectivity index (χ2n) is 9.65. The summed E-state index contributed by atoms with van der Waals surface area (Å²) in [6, 6.07) is 4.48. The van der Waals surface area contributed by atoms with Crippen LogP contribution in [-0.2, 0) is 39.9 Å². The molecule has 2 unspecified atom stereocenters. The van der Waals surface area contributed by atoms with E-state index in [-0.39, 0.29) is 31.1 Å². The molecule has 1 aromatic rings. The molecule has 4 heterocycles. The van der Waals surface area contributed by atoms with E-state index in [1.165, 1.54) is 10.0 Å². The number of para-hydroxylation sites is 1. The molecule has 1 aromatic carbocycles. The van der Waals surface area contributed by atoms with Gasteiger partial charge in [0.2, 0.25) is 24.0 Å². The summed E-state index contributed by atoms with van der Waals surface area (Å²) in [5, 5.41) is 11.3. The molecule has 4 amide bonds. The number of fused-ring (bicyclic) bond motifs is 2. The average molecular weight is 514 g/mol. The molecule has 4 aliphatic rings. The van der Waals surface area contributed by atoms with Gasteiger partial charge in [-0.3, -0.25) is 29.0 Å². The fraction of sp³-hybridized carbons (Fsp3) is 0.560. The largest absolute Gasteiger partial charge is 0.433 e. The van der Waals surface area contributed by atoms with E-state index in [2.05, 4.69) is 16.0 Å². The first-order valence-electron chi connectivity index (χ1n) is 12.7. The molecule has 0 saturated carbocycles. The SMILES string of the molecule is CCOC1OC(=O)C[C@@H]1NC(=O)[C@@H]1CCCN2C(=O)CC[C@H](NC(=O)C3Cc4ccccc4N3)C(=O)N12. The monoisotopic (exact) mass is 513 g/mol. The number of cyclic esters (lactones) is 1. The van der Waals surface area contributed by atoms with Gasteiger partial charge < -0.3 is 25.4 Å². The van der Waals surface area contributed by atoms with E-state index >= 15 is 0 Å². The second-order valence-corrected chi connectivity index (χ2v) is 9.65. The molecule has 3 saturated heterocycles. The van der Waals surface area contributed by atoms with Crippen molar-refractivity contribution < 1.29 is 33.4 Å². The highest BCUT2D eigenvalue weighted by molar-refractivity contribution is 5.97. The predicted molar refractivity (Wildman–Crippen MR) is 128 cm³/mol. The van der Waals surface area contributed by atoms with Gasteiger partial charge in [-0.2, -0.15) is 0 Å². The predicted octanol–water partition coefficient (Wildman–Crippen LogP) is -0.169. The Labute approximate surface area is 214 Å². The minimum absolute atomic E-state index is 0.0465. The van der Waals surface area contributed by atoms with E-state index in [1.807, 2.05) is 24.3 Å². The summed E-state index contributed by atoms with van der Waals surface area (Å²) in [4.78, 5) is 64.8. The zero-order valence-electron chi connectivity index (χ0n) is 20.6. The third kappa shape index (κ3) is 4.97. The number of hydrazine groups is 1. The first-order valence-corrected chi connectivity index (χ1v) is 12.7. The first-order chi connectivity index (χ1) is 17.9. The highest BCUT2D eigenvalue weighted by atomic mass is 16.7. The Morgan fingerprint density at radius 2 is 1.92 bits per heavy atom. The summed E-state index contributed by atoms with van der Waals surface area (Å²) in [5.74, 6) is -2.11. The number of ether oxygens (including phenoxy) is 2. The van der Waals surface area contributed by atoms with Gasteiger partial charge in [0.25, 0.3) is 5.91 Å². The van der Waals surface area contributed by atoms with Crippen molar-refractivity contribution in [2.45, 2.75) is 75.9 Å². The van der Waals surface area contributed by atoms with Crippen LogP contribution in [0.4, 0.5) is 5.69 Å². The Hall–Kier alpha value is -3.67. The fourth-order valence-corrected chi connectivity index (χ4v) is 5.38. The minimum atomic E-state index is -0.963. The molecule has 0 spiro atoms. The Morgan fingerprint density at radius 1 is 1.11 bits per heavy atom. The Bertz CT molecular complexity index is 1090. The number of amides is 4. The van der Waals surface area contributed by atoms with Crippen LogP contribution in [0.25, 0.3) is 0 Å². The summed E-state index contributed by atoms with van der Waals surface area (Å²) in [6.07, 6.45) is 0.615. The van der Waals surface area contributed by atoms with Crippen molar-refractivity contribution in [1.29, 1.82) is 0 Å². The van der Waals surface area contributed by atoms with Crippen LogP contribution in [0.2, 0.25) is 0 Å². The summed E-state index contributed by atoms with van der Waals surface area (Å²) >= 11 is 0. The average Bonchev–Trinajstić information content (AvgIpc) is 3.45. The lowest BCUT2D eigenvalue weighted by Crippen LogP contribution is -2.64. The standard InChI is InChI=1S/C25H31N5O7/c1-2-36-25-18(13-21(32)37-25)28-23(34)19-8-5-11-29-20(31)10-9-16(24(35)30(19)29)27-22(33)17-12-14-6-3-4-7-15(14)26-17/h3-4,6-7,16-19,25-26H,2,5,8-13H2,1H3,(H,27,33)(H,28,34)/t16-,17?,18-,19-,25?/m0/s1. The van der Waals surface area contributed by atoms with Crippen LogP contribution >= 0.6 is 0 Å². The topological polar surface area (TPSA) is 146 Å². The molecular weight excluding hydrogens is 482 g/mol. The van der Waals surface area contributed by atoms with Crippen molar-refractivity contribution in [3.63, 3.8) is 0 Å². The molecule has 5 rings (SSSR count). The molecule has 37 heavy (non-hydrogen) atoms. The molecule has 0 aliphatic carbocycles. The lowest BCUT2D eigenvalue weighted by atomic mass is 10.0. The second kappa shape index (κ2) is 10.4. The van der Waals surface area contributed by atoms with Gasteiger partial charge in [0.15, 0.2) is 0 Å². The van der Waals surface area contributed by atoms with E-state index in [4.69, 9.17) is 9.47 Å². The van der Waals surface area contributed by atoms with E-state index in [0.29, 0.717) is 32.4 Å². The molecule has 0 aromatic heterocycles. The maximum Gasteiger partial charge on any atom is 0.310 e. The molecular formula is C25H31N5O7. The van der Waals surface area contributed by atoms with Crippen LogP contribution in [0.5, 0.6) is 0 Å². The maximum atomic E-state index is 13.7. The molecule has 12 nitrogen and oxygen atoms in total. The molecule has 0 bridgehead atoms. The van der Waals surface area contributed by atoms with E-state index in [1.54, 1.807) is 6.92 Å². The number of carbonyl (C=O) groups is 5. The van der Waals surface area contributed by atoms with Gasteiger partial charge in [0, 0.05) is 31.7 Å². The Morgan fingerprint density at radius 3 is 2.70 bits per heavy atom. The van der Waals surface area contributed by atoms with Crippen molar-refractivity contribution in [3.8, 4) is 0 Å². The fourth-order valence-electron chi connectivity index (χ4n) is 5.38. The third-order valence-corrected chi connectivity index (χ3v) is 7.19. The van der Waals surface area contributed by atoms with Crippen molar-refractivity contribution in [2.75, 3.05) is 18.5 Å². The highest BCUT2D eigenvalue weighted by Crippen LogP contribution is 2.28. The summed E-state index contributed by atoms with van der Waals surface area (Å²) in [5.41, 5.74) is 1.90. The van der Waals surface area contributed by atoms with E-state index in [0.717, 1.165) is 11.3 Å². The normalized spacial score (nSPS) is 29.1. The van der Waals surface area contributed by atoms with Gasteiger partial charge in [0.05, 0.1) is 6.42 Å². The third-order valence-electron chi connectivity index (χ3n) is 7.19. The number of hydrogen-bond acceptors (Lipinski definition) is 8.